The Morgan fingerprint density at radius 2 is 1.71 bits per heavy atom. The van der Waals surface area contributed by atoms with Crippen molar-refractivity contribution in [1.82, 2.24) is 4.90 Å². The topological polar surface area (TPSA) is 12.5 Å². The molecular weight excluding hydrogens is 210 g/mol. The molecule has 3 aliphatic rings. The summed E-state index contributed by atoms with van der Waals surface area (Å²) in [6.45, 7) is 1.95. The zero-order valence-electron chi connectivity index (χ0n) is 10.8. The van der Waals surface area contributed by atoms with Crippen molar-refractivity contribution in [2.45, 2.75) is 69.5 Å². The van der Waals surface area contributed by atoms with Gasteiger partial charge in [-0.15, -0.1) is 0 Å². The predicted octanol–water partition coefficient (Wildman–Crippen LogP) is 3.13. The van der Waals surface area contributed by atoms with Crippen molar-refractivity contribution in [2.75, 3.05) is 13.2 Å². The number of allylic oxidation sites excluding steroid dienone is 1. The van der Waals surface area contributed by atoms with Gasteiger partial charge < -0.3 is 4.74 Å². The van der Waals surface area contributed by atoms with E-state index in [0.29, 0.717) is 18.1 Å². The number of hydrogen-bond acceptors (Lipinski definition) is 2. The molecule has 2 nitrogen and oxygen atoms in total. The van der Waals surface area contributed by atoms with Gasteiger partial charge in [-0.25, -0.2) is 0 Å². The van der Waals surface area contributed by atoms with Crippen molar-refractivity contribution < 1.29 is 4.74 Å². The molecule has 2 fully saturated rings. The number of hydrogen-bond donors (Lipinski definition) is 0. The largest absolute Gasteiger partial charge is 0.378 e. The fourth-order valence-electron chi connectivity index (χ4n) is 3.80. The highest BCUT2D eigenvalue weighted by Crippen LogP contribution is 2.32. The Kier molecular flexibility index (Phi) is 3.82. The summed E-state index contributed by atoms with van der Waals surface area (Å²) in [5.74, 6) is 0. The molecule has 0 N–H and O–H groups in total. The number of fused-ring (bicyclic) bond motifs is 2. The van der Waals surface area contributed by atoms with E-state index in [1.165, 1.54) is 51.4 Å². The van der Waals surface area contributed by atoms with Gasteiger partial charge in [0.15, 0.2) is 0 Å². The second kappa shape index (κ2) is 5.53. The van der Waals surface area contributed by atoms with Gasteiger partial charge in [-0.05, 0) is 32.1 Å². The lowest BCUT2D eigenvalue weighted by molar-refractivity contribution is -0.0867. The number of ether oxygens (including phenoxy) is 1. The zero-order valence-corrected chi connectivity index (χ0v) is 10.8. The standard InChI is InChI=1S/C15H25NO/c1-2-4-7-13(8-5-3-1)16-14-9-6-10-15(16)12-17-11-14/h4,7,13-15H,1-3,5-6,8-12H2/b7-4-. The summed E-state index contributed by atoms with van der Waals surface area (Å²) >= 11 is 0. The molecule has 1 aliphatic carbocycles. The van der Waals surface area contributed by atoms with Crippen LogP contribution in [0, 0.1) is 0 Å². The summed E-state index contributed by atoms with van der Waals surface area (Å²) < 4.78 is 5.75. The van der Waals surface area contributed by atoms with Crippen molar-refractivity contribution >= 4 is 0 Å². The van der Waals surface area contributed by atoms with E-state index >= 15 is 0 Å². The molecule has 3 rings (SSSR count). The lowest BCUT2D eigenvalue weighted by atomic mass is 9.90. The summed E-state index contributed by atoms with van der Waals surface area (Å²) in [4.78, 5) is 2.80. The van der Waals surface area contributed by atoms with E-state index in [4.69, 9.17) is 4.74 Å². The van der Waals surface area contributed by atoms with E-state index in [-0.39, 0.29) is 0 Å². The molecule has 17 heavy (non-hydrogen) atoms. The van der Waals surface area contributed by atoms with Crippen LogP contribution < -0.4 is 0 Å². The van der Waals surface area contributed by atoms with Crippen LogP contribution in [0.5, 0.6) is 0 Å². The van der Waals surface area contributed by atoms with E-state index in [1.807, 2.05) is 0 Å². The Bertz CT molecular complexity index is 254. The summed E-state index contributed by atoms with van der Waals surface area (Å²) in [7, 11) is 0. The highest BCUT2D eigenvalue weighted by atomic mass is 16.5. The Labute approximate surface area is 105 Å². The van der Waals surface area contributed by atoms with Crippen molar-refractivity contribution in [3.05, 3.63) is 12.2 Å². The minimum atomic E-state index is 0.703. The van der Waals surface area contributed by atoms with E-state index in [1.54, 1.807) is 0 Å². The molecule has 0 aromatic rings. The second-order valence-corrected chi connectivity index (χ2v) is 5.86. The maximum absolute atomic E-state index is 5.75. The van der Waals surface area contributed by atoms with Crippen LogP contribution in [0.4, 0.5) is 0 Å². The molecule has 2 aliphatic heterocycles. The molecule has 2 heteroatoms. The maximum Gasteiger partial charge on any atom is 0.0622 e. The van der Waals surface area contributed by atoms with Crippen LogP contribution in [0.25, 0.3) is 0 Å². The average molecular weight is 235 g/mol. The smallest absolute Gasteiger partial charge is 0.0622 e. The van der Waals surface area contributed by atoms with Gasteiger partial charge in [-0.2, -0.15) is 0 Å². The van der Waals surface area contributed by atoms with Crippen molar-refractivity contribution in [3.8, 4) is 0 Å². The third-order valence-electron chi connectivity index (χ3n) is 4.65. The molecule has 3 unspecified atom stereocenters. The second-order valence-electron chi connectivity index (χ2n) is 5.86. The van der Waals surface area contributed by atoms with Crippen LogP contribution in [-0.2, 0) is 4.74 Å². The number of piperidine rings is 1. The Balaban J connectivity index is 1.73. The molecule has 0 spiro atoms. The fourth-order valence-corrected chi connectivity index (χ4v) is 3.80. The number of nitrogens with zero attached hydrogens (tertiary/aromatic N) is 1. The fraction of sp³-hybridized carbons (Fsp3) is 0.867. The minimum absolute atomic E-state index is 0.703. The average Bonchev–Trinajstić information content (AvgIpc) is 2.27. The van der Waals surface area contributed by atoms with Crippen LogP contribution >= 0.6 is 0 Å². The molecule has 0 saturated carbocycles. The monoisotopic (exact) mass is 235 g/mol. The Morgan fingerprint density at radius 3 is 2.53 bits per heavy atom. The normalized spacial score (nSPS) is 41.5. The highest BCUT2D eigenvalue weighted by molar-refractivity contribution is 5.02. The summed E-state index contributed by atoms with van der Waals surface area (Å²) in [6, 6.07) is 2.11. The maximum atomic E-state index is 5.75. The molecule has 2 heterocycles. The van der Waals surface area contributed by atoms with Gasteiger partial charge in [0.05, 0.1) is 13.2 Å². The predicted molar refractivity (Wildman–Crippen MR) is 70.1 cm³/mol. The van der Waals surface area contributed by atoms with Crippen LogP contribution in [0.1, 0.15) is 51.4 Å². The van der Waals surface area contributed by atoms with Crippen molar-refractivity contribution in [2.24, 2.45) is 0 Å². The van der Waals surface area contributed by atoms with Gasteiger partial charge in [-0.3, -0.25) is 4.90 Å². The third kappa shape index (κ3) is 2.58. The third-order valence-corrected chi connectivity index (χ3v) is 4.65. The molecule has 2 bridgehead atoms. The van der Waals surface area contributed by atoms with Crippen molar-refractivity contribution in [3.63, 3.8) is 0 Å². The highest BCUT2D eigenvalue weighted by Gasteiger charge is 2.37. The first kappa shape index (κ1) is 11.7. The molecule has 0 aromatic carbocycles. The first-order valence-electron chi connectivity index (χ1n) is 7.47. The van der Waals surface area contributed by atoms with Gasteiger partial charge in [0.1, 0.15) is 0 Å². The SMILES string of the molecule is C1=C\C(N2C3CCCC2COC3)CCCCC/1. The lowest BCUT2D eigenvalue weighted by Gasteiger charge is -2.49. The quantitative estimate of drug-likeness (QED) is 0.647. The minimum Gasteiger partial charge on any atom is -0.378 e. The Hall–Kier alpha value is -0.340. The molecule has 3 atom stereocenters. The van der Waals surface area contributed by atoms with E-state index in [0.717, 1.165) is 13.2 Å². The van der Waals surface area contributed by atoms with Crippen LogP contribution in [0.3, 0.4) is 0 Å². The lowest BCUT2D eigenvalue weighted by Crippen LogP contribution is -2.58. The van der Waals surface area contributed by atoms with Gasteiger partial charge in [-0.1, -0.05) is 31.4 Å². The van der Waals surface area contributed by atoms with E-state index in [2.05, 4.69) is 17.1 Å². The van der Waals surface area contributed by atoms with Gasteiger partial charge in [0.25, 0.3) is 0 Å². The van der Waals surface area contributed by atoms with Crippen molar-refractivity contribution in [1.29, 1.82) is 0 Å². The first-order chi connectivity index (χ1) is 8.45. The molecule has 96 valence electrons. The van der Waals surface area contributed by atoms with Crippen LogP contribution in [0.15, 0.2) is 12.2 Å². The number of rotatable bonds is 1. The molecule has 0 radical (unpaired) electrons. The van der Waals surface area contributed by atoms with Gasteiger partial charge >= 0.3 is 0 Å². The number of morpholine rings is 1. The summed E-state index contributed by atoms with van der Waals surface area (Å²) in [6.07, 6.45) is 15.9. The van der Waals surface area contributed by atoms with Gasteiger partial charge in [0, 0.05) is 18.1 Å². The Morgan fingerprint density at radius 1 is 0.882 bits per heavy atom. The zero-order chi connectivity index (χ0) is 11.5. The molecule has 0 amide bonds. The molecule has 0 aromatic heterocycles. The van der Waals surface area contributed by atoms with E-state index < -0.39 is 0 Å². The first-order valence-corrected chi connectivity index (χ1v) is 7.47. The molecule has 2 saturated heterocycles. The van der Waals surface area contributed by atoms with Crippen LogP contribution in [0.2, 0.25) is 0 Å². The van der Waals surface area contributed by atoms with Gasteiger partial charge in [0.2, 0.25) is 0 Å². The molecular formula is C15H25NO. The summed E-state index contributed by atoms with van der Waals surface area (Å²) in [5.41, 5.74) is 0. The van der Waals surface area contributed by atoms with E-state index in [9.17, 15) is 0 Å². The summed E-state index contributed by atoms with van der Waals surface area (Å²) in [5, 5.41) is 0. The van der Waals surface area contributed by atoms with Crippen LogP contribution in [-0.4, -0.2) is 36.2 Å².